The highest BCUT2D eigenvalue weighted by Crippen LogP contribution is 2.40. The fourth-order valence-electron chi connectivity index (χ4n) is 3.69. The number of benzene rings is 1. The summed E-state index contributed by atoms with van der Waals surface area (Å²) >= 11 is 0. The van der Waals surface area contributed by atoms with Crippen LogP contribution >= 0.6 is 0 Å². The molecule has 1 saturated heterocycles. The summed E-state index contributed by atoms with van der Waals surface area (Å²) in [5.74, 6) is -0.175. The summed E-state index contributed by atoms with van der Waals surface area (Å²) < 4.78 is 10.8. The first-order valence-electron chi connectivity index (χ1n) is 8.92. The molecule has 0 aromatic heterocycles. The largest absolute Gasteiger partial charge is 0.493 e. The Balaban J connectivity index is 1.93. The van der Waals surface area contributed by atoms with Crippen LogP contribution in [-0.4, -0.2) is 60.9 Å². The van der Waals surface area contributed by atoms with Crippen molar-refractivity contribution in [1.29, 1.82) is 0 Å². The first-order valence-corrected chi connectivity index (χ1v) is 8.92. The lowest BCUT2D eigenvalue weighted by Crippen LogP contribution is -2.50. The number of amides is 2. The molecule has 0 bridgehead atoms. The van der Waals surface area contributed by atoms with Gasteiger partial charge in [-0.3, -0.25) is 14.4 Å². The summed E-state index contributed by atoms with van der Waals surface area (Å²) in [5, 5.41) is 0. The highest BCUT2D eigenvalue weighted by molar-refractivity contribution is 5.94. The van der Waals surface area contributed by atoms with Crippen LogP contribution in [0.15, 0.2) is 24.3 Å². The van der Waals surface area contributed by atoms with Crippen molar-refractivity contribution in [1.82, 2.24) is 9.80 Å². The third-order valence-corrected chi connectivity index (χ3v) is 4.89. The number of ether oxygens (including phenoxy) is 2. The van der Waals surface area contributed by atoms with Crippen LogP contribution in [0, 0.1) is 5.92 Å². The predicted octanol–water partition coefficient (Wildman–Crippen LogP) is 1.38. The number of fused-ring (bicyclic) bond motifs is 3. The van der Waals surface area contributed by atoms with E-state index in [1.54, 1.807) is 23.8 Å². The summed E-state index contributed by atoms with van der Waals surface area (Å²) in [4.78, 5) is 40.3. The topological polar surface area (TPSA) is 76.2 Å². The van der Waals surface area contributed by atoms with E-state index in [2.05, 4.69) is 0 Å². The quantitative estimate of drug-likeness (QED) is 0.601. The van der Waals surface area contributed by atoms with Crippen molar-refractivity contribution >= 4 is 17.8 Å². The second-order valence-corrected chi connectivity index (χ2v) is 6.65. The average Bonchev–Trinajstić information content (AvgIpc) is 2.61. The lowest BCUT2D eigenvalue weighted by molar-refractivity contribution is -0.151. The Morgan fingerprint density at radius 2 is 2.08 bits per heavy atom. The highest BCUT2D eigenvalue weighted by atomic mass is 16.5. The molecule has 26 heavy (non-hydrogen) atoms. The van der Waals surface area contributed by atoms with E-state index in [0.29, 0.717) is 13.2 Å². The zero-order chi connectivity index (χ0) is 18.7. The Morgan fingerprint density at radius 3 is 2.85 bits per heavy atom. The molecule has 1 fully saturated rings. The van der Waals surface area contributed by atoms with Gasteiger partial charge in [-0.05, 0) is 13.0 Å². The van der Waals surface area contributed by atoms with Gasteiger partial charge in [0.15, 0.2) is 0 Å². The van der Waals surface area contributed by atoms with E-state index in [0.717, 1.165) is 11.3 Å². The van der Waals surface area contributed by atoms with E-state index in [4.69, 9.17) is 9.47 Å². The average molecular weight is 360 g/mol. The molecule has 2 heterocycles. The van der Waals surface area contributed by atoms with Crippen LogP contribution in [0.3, 0.4) is 0 Å². The van der Waals surface area contributed by atoms with E-state index < -0.39 is 5.97 Å². The van der Waals surface area contributed by atoms with Gasteiger partial charge in [-0.25, -0.2) is 0 Å². The van der Waals surface area contributed by atoms with Gasteiger partial charge < -0.3 is 19.3 Å². The zero-order valence-electron chi connectivity index (χ0n) is 15.1. The first kappa shape index (κ1) is 18.2. The van der Waals surface area contributed by atoms with Crippen LogP contribution in [0.4, 0.5) is 0 Å². The minimum absolute atomic E-state index is 0.0174. The maximum Gasteiger partial charge on any atom is 0.315 e. The molecule has 140 valence electrons. The molecule has 2 aliphatic rings. The number of carbonyl (C=O) groups is 3. The van der Waals surface area contributed by atoms with E-state index >= 15 is 0 Å². The lowest BCUT2D eigenvalue weighted by Gasteiger charge is -2.43. The molecule has 0 radical (unpaired) electrons. The number of carbonyl (C=O) groups excluding carboxylic acids is 3. The van der Waals surface area contributed by atoms with Crippen molar-refractivity contribution in [3.63, 3.8) is 0 Å². The SMILES string of the molecule is CCOC(=O)CC(=O)N1CCC(=O)N(C)C[C@H]2COc3ccccc3[C@H]21. The van der Waals surface area contributed by atoms with Gasteiger partial charge in [0, 0.05) is 38.0 Å². The molecule has 2 amide bonds. The van der Waals surface area contributed by atoms with Crippen molar-refractivity contribution < 1.29 is 23.9 Å². The van der Waals surface area contributed by atoms with Crippen LogP contribution in [0.5, 0.6) is 5.75 Å². The molecule has 0 aliphatic carbocycles. The van der Waals surface area contributed by atoms with Crippen LogP contribution in [0.1, 0.15) is 31.4 Å². The smallest absolute Gasteiger partial charge is 0.315 e. The number of hydrogen-bond donors (Lipinski definition) is 0. The molecule has 0 unspecified atom stereocenters. The molecule has 2 aliphatic heterocycles. The number of esters is 1. The molecule has 7 heteroatoms. The van der Waals surface area contributed by atoms with Crippen LogP contribution in [0.2, 0.25) is 0 Å². The van der Waals surface area contributed by atoms with Crippen LogP contribution in [0.25, 0.3) is 0 Å². The van der Waals surface area contributed by atoms with Crippen LogP contribution in [-0.2, 0) is 19.1 Å². The molecule has 2 atom stereocenters. The minimum Gasteiger partial charge on any atom is -0.493 e. The van der Waals surface area contributed by atoms with Gasteiger partial charge >= 0.3 is 5.97 Å². The first-order chi connectivity index (χ1) is 12.5. The predicted molar refractivity (Wildman–Crippen MR) is 93.4 cm³/mol. The molecule has 0 spiro atoms. The third-order valence-electron chi connectivity index (χ3n) is 4.89. The van der Waals surface area contributed by atoms with Crippen molar-refractivity contribution in [3.8, 4) is 5.75 Å². The fourth-order valence-corrected chi connectivity index (χ4v) is 3.69. The number of hydrogen-bond acceptors (Lipinski definition) is 5. The van der Waals surface area contributed by atoms with Gasteiger partial charge in [0.25, 0.3) is 0 Å². The number of nitrogens with zero attached hydrogens (tertiary/aromatic N) is 2. The van der Waals surface area contributed by atoms with Gasteiger partial charge in [0.2, 0.25) is 11.8 Å². The third kappa shape index (κ3) is 3.66. The highest BCUT2D eigenvalue weighted by Gasteiger charge is 2.40. The number of rotatable bonds is 3. The molecule has 3 rings (SSSR count). The maximum absolute atomic E-state index is 12.9. The van der Waals surface area contributed by atoms with Gasteiger partial charge in [-0.1, -0.05) is 18.2 Å². The van der Waals surface area contributed by atoms with E-state index in [1.807, 2.05) is 24.3 Å². The number of para-hydroxylation sites is 1. The second kappa shape index (κ2) is 7.76. The van der Waals surface area contributed by atoms with Crippen molar-refractivity contribution in [2.24, 2.45) is 5.92 Å². The van der Waals surface area contributed by atoms with E-state index in [-0.39, 0.29) is 49.8 Å². The summed E-state index contributed by atoms with van der Waals surface area (Å²) in [6, 6.07) is 7.40. The maximum atomic E-state index is 12.9. The molecule has 0 saturated carbocycles. The molecular weight excluding hydrogens is 336 g/mol. The molecule has 0 N–H and O–H groups in total. The molecule has 1 aromatic rings. The van der Waals surface area contributed by atoms with Gasteiger partial charge in [-0.15, -0.1) is 0 Å². The Hall–Kier alpha value is -2.57. The summed E-state index contributed by atoms with van der Waals surface area (Å²) in [7, 11) is 1.77. The molecule has 7 nitrogen and oxygen atoms in total. The Bertz CT molecular complexity index is 705. The van der Waals surface area contributed by atoms with Crippen molar-refractivity contribution in [3.05, 3.63) is 29.8 Å². The second-order valence-electron chi connectivity index (χ2n) is 6.65. The Morgan fingerprint density at radius 1 is 1.31 bits per heavy atom. The van der Waals surface area contributed by atoms with Crippen molar-refractivity contribution in [2.45, 2.75) is 25.8 Å². The Labute approximate surface area is 152 Å². The fraction of sp³-hybridized carbons (Fsp3) is 0.526. The van der Waals surface area contributed by atoms with Crippen molar-refractivity contribution in [2.75, 3.05) is 33.4 Å². The standard InChI is InChI=1S/C19H24N2O5/c1-3-25-18(24)10-17(23)21-9-8-16(22)20(2)11-13-12-26-15-7-5-4-6-14(15)19(13)21/h4-7,13,19H,3,8-12H2,1-2H3/t13-,19-/m0/s1. The van der Waals surface area contributed by atoms with E-state index in [1.165, 1.54) is 0 Å². The van der Waals surface area contributed by atoms with E-state index in [9.17, 15) is 14.4 Å². The normalized spacial score (nSPS) is 22.5. The monoisotopic (exact) mass is 360 g/mol. The lowest BCUT2D eigenvalue weighted by atomic mass is 9.87. The Kier molecular flexibility index (Phi) is 5.44. The van der Waals surface area contributed by atoms with Gasteiger partial charge in [0.1, 0.15) is 12.2 Å². The van der Waals surface area contributed by atoms with Gasteiger partial charge in [-0.2, -0.15) is 0 Å². The zero-order valence-corrected chi connectivity index (χ0v) is 15.1. The molecule has 1 aromatic carbocycles. The van der Waals surface area contributed by atoms with Gasteiger partial charge in [0.05, 0.1) is 19.3 Å². The molecular formula is C19H24N2O5. The van der Waals surface area contributed by atoms with Crippen LogP contribution < -0.4 is 4.74 Å². The summed E-state index contributed by atoms with van der Waals surface area (Å²) in [6.45, 7) is 3.14. The summed E-state index contributed by atoms with van der Waals surface area (Å²) in [5.41, 5.74) is 0.920. The minimum atomic E-state index is -0.542. The summed E-state index contributed by atoms with van der Waals surface area (Å²) in [6.07, 6.45) is -0.0819.